The Morgan fingerprint density at radius 3 is 2.53 bits per heavy atom. The van der Waals surface area contributed by atoms with Crippen molar-refractivity contribution in [1.29, 1.82) is 0 Å². The molecular formula is C10H15N3O4. The molecule has 0 amide bonds. The topological polar surface area (TPSA) is 112 Å². The molecule has 1 aliphatic rings. The standard InChI is InChI=1S/C10H15N3O4/c11-13-12-6-17-10(16)8-3-1-7(2-4-8)5-9(14)15/h7-8H,1-6H2,(H,14,15). The van der Waals surface area contributed by atoms with Crippen molar-refractivity contribution in [2.24, 2.45) is 17.0 Å². The van der Waals surface area contributed by atoms with E-state index in [-0.39, 0.29) is 31.0 Å². The molecule has 1 saturated carbocycles. The van der Waals surface area contributed by atoms with Gasteiger partial charge in [0.05, 0.1) is 5.92 Å². The summed E-state index contributed by atoms with van der Waals surface area (Å²) in [6, 6.07) is 0. The smallest absolute Gasteiger partial charge is 0.309 e. The van der Waals surface area contributed by atoms with Gasteiger partial charge in [-0.3, -0.25) is 9.59 Å². The lowest BCUT2D eigenvalue weighted by molar-refractivity contribution is -0.149. The summed E-state index contributed by atoms with van der Waals surface area (Å²) in [6.45, 7) is -0.273. The molecular weight excluding hydrogens is 226 g/mol. The predicted octanol–water partition coefficient (Wildman–Crippen LogP) is 2.08. The Hall–Kier alpha value is -1.75. The molecule has 0 heterocycles. The highest BCUT2D eigenvalue weighted by molar-refractivity contribution is 5.72. The Balaban J connectivity index is 2.28. The molecule has 1 N–H and O–H groups in total. The fourth-order valence-electron chi connectivity index (χ4n) is 2.09. The SMILES string of the molecule is [N-]=[N+]=NCOC(=O)C1CCC(CC(=O)O)CC1. The number of azide groups is 1. The Labute approximate surface area is 98.4 Å². The van der Waals surface area contributed by atoms with Crippen LogP contribution in [0.4, 0.5) is 0 Å². The zero-order chi connectivity index (χ0) is 12.7. The largest absolute Gasteiger partial charge is 0.481 e. The molecule has 0 aromatic carbocycles. The van der Waals surface area contributed by atoms with Gasteiger partial charge in [0.15, 0.2) is 6.73 Å². The first-order chi connectivity index (χ1) is 8.13. The lowest BCUT2D eigenvalue weighted by Crippen LogP contribution is -2.24. The highest BCUT2D eigenvalue weighted by Crippen LogP contribution is 2.31. The van der Waals surface area contributed by atoms with Gasteiger partial charge in [0.2, 0.25) is 0 Å². The molecule has 7 heteroatoms. The minimum atomic E-state index is -0.792. The summed E-state index contributed by atoms with van der Waals surface area (Å²) >= 11 is 0. The molecule has 0 aliphatic heterocycles. The van der Waals surface area contributed by atoms with Crippen LogP contribution in [0.5, 0.6) is 0 Å². The van der Waals surface area contributed by atoms with E-state index < -0.39 is 5.97 Å². The maximum atomic E-state index is 11.5. The van der Waals surface area contributed by atoms with Crippen molar-refractivity contribution in [3.63, 3.8) is 0 Å². The molecule has 0 aromatic rings. The molecule has 7 nitrogen and oxygen atoms in total. The van der Waals surface area contributed by atoms with Crippen LogP contribution in [-0.4, -0.2) is 23.8 Å². The highest BCUT2D eigenvalue weighted by atomic mass is 16.5. The van der Waals surface area contributed by atoms with Crippen molar-refractivity contribution in [3.05, 3.63) is 10.4 Å². The first-order valence-electron chi connectivity index (χ1n) is 5.52. The number of carboxylic acids is 1. The van der Waals surface area contributed by atoms with Crippen LogP contribution in [0.3, 0.4) is 0 Å². The van der Waals surface area contributed by atoms with Gasteiger partial charge in [-0.2, -0.15) is 0 Å². The van der Waals surface area contributed by atoms with E-state index in [0.717, 1.165) is 12.8 Å². The Morgan fingerprint density at radius 2 is 2.00 bits per heavy atom. The second-order valence-corrected chi connectivity index (χ2v) is 4.14. The zero-order valence-corrected chi connectivity index (χ0v) is 9.41. The third kappa shape index (κ3) is 4.74. The van der Waals surface area contributed by atoms with Crippen LogP contribution < -0.4 is 0 Å². The van der Waals surface area contributed by atoms with Crippen LogP contribution in [0.25, 0.3) is 10.4 Å². The molecule has 1 fully saturated rings. The molecule has 0 saturated heterocycles. The first-order valence-corrected chi connectivity index (χ1v) is 5.52. The van der Waals surface area contributed by atoms with Gasteiger partial charge >= 0.3 is 11.9 Å². The second-order valence-electron chi connectivity index (χ2n) is 4.14. The fraction of sp³-hybridized carbons (Fsp3) is 0.800. The van der Waals surface area contributed by atoms with Gasteiger partial charge in [-0.1, -0.05) is 5.11 Å². The maximum absolute atomic E-state index is 11.5. The molecule has 94 valence electrons. The molecule has 0 spiro atoms. The van der Waals surface area contributed by atoms with Crippen molar-refractivity contribution in [1.82, 2.24) is 0 Å². The summed E-state index contributed by atoms with van der Waals surface area (Å²) in [5.41, 5.74) is 8.02. The van der Waals surface area contributed by atoms with Gasteiger partial charge in [0.1, 0.15) is 0 Å². The summed E-state index contributed by atoms with van der Waals surface area (Å²) in [4.78, 5) is 24.5. The van der Waals surface area contributed by atoms with Crippen molar-refractivity contribution >= 4 is 11.9 Å². The molecule has 17 heavy (non-hydrogen) atoms. The average Bonchev–Trinajstić information content (AvgIpc) is 2.29. The van der Waals surface area contributed by atoms with Crippen LogP contribution in [0.15, 0.2) is 5.11 Å². The average molecular weight is 241 g/mol. The van der Waals surface area contributed by atoms with Gasteiger partial charge in [-0.25, -0.2) is 0 Å². The normalized spacial score (nSPS) is 23.5. The Bertz CT molecular complexity index is 330. The number of carbonyl (C=O) groups is 2. The first kappa shape index (κ1) is 13.3. The molecule has 0 radical (unpaired) electrons. The predicted molar refractivity (Wildman–Crippen MR) is 57.8 cm³/mol. The molecule has 0 atom stereocenters. The van der Waals surface area contributed by atoms with E-state index in [4.69, 9.17) is 15.4 Å². The molecule has 1 aliphatic carbocycles. The number of hydrogen-bond acceptors (Lipinski definition) is 4. The van der Waals surface area contributed by atoms with Crippen molar-refractivity contribution in [2.45, 2.75) is 32.1 Å². The van der Waals surface area contributed by atoms with Gasteiger partial charge in [0, 0.05) is 11.3 Å². The fourth-order valence-corrected chi connectivity index (χ4v) is 2.09. The highest BCUT2D eigenvalue weighted by Gasteiger charge is 2.28. The zero-order valence-electron chi connectivity index (χ0n) is 9.41. The third-order valence-electron chi connectivity index (χ3n) is 2.97. The van der Waals surface area contributed by atoms with E-state index in [1.807, 2.05) is 0 Å². The van der Waals surface area contributed by atoms with Gasteiger partial charge in [0.25, 0.3) is 0 Å². The number of esters is 1. The lowest BCUT2D eigenvalue weighted by atomic mass is 9.80. The minimum Gasteiger partial charge on any atom is -0.481 e. The van der Waals surface area contributed by atoms with Crippen molar-refractivity contribution < 1.29 is 19.4 Å². The number of rotatable bonds is 5. The molecule has 0 aromatic heterocycles. The summed E-state index contributed by atoms with van der Waals surface area (Å²) in [5, 5.41) is 11.8. The number of nitrogens with zero attached hydrogens (tertiary/aromatic N) is 3. The second kappa shape index (κ2) is 6.75. The number of hydrogen-bond donors (Lipinski definition) is 1. The Morgan fingerprint density at radius 1 is 1.35 bits per heavy atom. The summed E-state index contributed by atoms with van der Waals surface area (Å²) in [7, 11) is 0. The van der Waals surface area contributed by atoms with E-state index in [1.165, 1.54) is 0 Å². The van der Waals surface area contributed by atoms with Crippen LogP contribution >= 0.6 is 0 Å². The molecule has 1 rings (SSSR count). The summed E-state index contributed by atoms with van der Waals surface area (Å²) in [5.74, 6) is -1.17. The van der Waals surface area contributed by atoms with E-state index in [9.17, 15) is 9.59 Å². The van der Waals surface area contributed by atoms with Crippen molar-refractivity contribution in [2.75, 3.05) is 6.73 Å². The monoisotopic (exact) mass is 241 g/mol. The number of carboxylic acid groups (broad SMARTS) is 1. The molecule has 0 bridgehead atoms. The Kier molecular flexibility index (Phi) is 5.29. The van der Waals surface area contributed by atoms with Crippen LogP contribution in [0.1, 0.15) is 32.1 Å². The van der Waals surface area contributed by atoms with Gasteiger partial charge in [-0.05, 0) is 37.1 Å². The number of aliphatic carboxylic acids is 1. The summed E-state index contributed by atoms with van der Waals surface area (Å²) in [6.07, 6.45) is 2.92. The van der Waals surface area contributed by atoms with Crippen LogP contribution in [0.2, 0.25) is 0 Å². The maximum Gasteiger partial charge on any atom is 0.309 e. The van der Waals surface area contributed by atoms with E-state index in [1.54, 1.807) is 0 Å². The molecule has 0 unspecified atom stereocenters. The third-order valence-corrected chi connectivity index (χ3v) is 2.97. The van der Waals surface area contributed by atoms with Gasteiger partial charge in [-0.15, -0.1) is 0 Å². The number of carbonyl (C=O) groups excluding carboxylic acids is 1. The van der Waals surface area contributed by atoms with E-state index in [0.29, 0.717) is 12.8 Å². The van der Waals surface area contributed by atoms with Crippen molar-refractivity contribution in [3.8, 4) is 0 Å². The van der Waals surface area contributed by atoms with E-state index in [2.05, 4.69) is 10.0 Å². The van der Waals surface area contributed by atoms with E-state index >= 15 is 0 Å². The van der Waals surface area contributed by atoms with Crippen LogP contribution in [0, 0.1) is 11.8 Å². The lowest BCUT2D eigenvalue weighted by Gasteiger charge is -2.25. The summed E-state index contributed by atoms with van der Waals surface area (Å²) < 4.78 is 4.76. The van der Waals surface area contributed by atoms with Gasteiger partial charge < -0.3 is 9.84 Å². The minimum absolute atomic E-state index is 0.161. The van der Waals surface area contributed by atoms with Crippen LogP contribution in [-0.2, 0) is 14.3 Å². The quantitative estimate of drug-likeness (QED) is 0.343. The number of ether oxygens (including phenoxy) is 1.